The van der Waals surface area contributed by atoms with Crippen molar-refractivity contribution in [3.05, 3.63) is 79.8 Å². The number of amides is 1. The van der Waals surface area contributed by atoms with Gasteiger partial charge >= 0.3 is 5.69 Å². The topological polar surface area (TPSA) is 103 Å². The van der Waals surface area contributed by atoms with E-state index < -0.39 is 17.6 Å². The summed E-state index contributed by atoms with van der Waals surface area (Å²) in [4.78, 5) is 35.6. The highest BCUT2D eigenvalue weighted by Crippen LogP contribution is 2.35. The molecule has 2 aromatic carbocycles. The summed E-state index contributed by atoms with van der Waals surface area (Å²) in [6, 6.07) is 10.8. The number of aromatic nitrogens is 2. The molecular formula is C26H27Cl2N5O3. The number of halogens is 2. The minimum atomic E-state index is -1.10. The van der Waals surface area contributed by atoms with Gasteiger partial charge in [0.25, 0.3) is 0 Å². The molecular weight excluding hydrogens is 501 g/mol. The molecule has 1 unspecified atom stereocenters. The summed E-state index contributed by atoms with van der Waals surface area (Å²) in [6.07, 6.45) is 3.25. The summed E-state index contributed by atoms with van der Waals surface area (Å²) in [7, 11) is 0. The van der Waals surface area contributed by atoms with Gasteiger partial charge in [-0.3, -0.25) is 9.79 Å². The van der Waals surface area contributed by atoms with Crippen molar-refractivity contribution < 1.29 is 9.90 Å². The van der Waals surface area contributed by atoms with Crippen molar-refractivity contribution in [2.45, 2.75) is 19.9 Å². The number of aromatic amines is 1. The third-order valence-corrected chi connectivity index (χ3v) is 6.64. The molecule has 0 spiro atoms. The van der Waals surface area contributed by atoms with E-state index in [1.54, 1.807) is 48.7 Å². The van der Waals surface area contributed by atoms with Crippen LogP contribution in [-0.2, 0) is 4.79 Å². The second-order valence-electron chi connectivity index (χ2n) is 8.33. The molecule has 0 fully saturated rings. The maximum absolute atomic E-state index is 13.3. The second-order valence-corrected chi connectivity index (χ2v) is 9.20. The van der Waals surface area contributed by atoms with Crippen LogP contribution in [0, 0.1) is 0 Å². The van der Waals surface area contributed by atoms with Gasteiger partial charge in [-0.15, -0.1) is 0 Å². The summed E-state index contributed by atoms with van der Waals surface area (Å²) in [5.41, 5.74) is 2.26. The Morgan fingerprint density at radius 1 is 1.17 bits per heavy atom. The van der Waals surface area contributed by atoms with Gasteiger partial charge in [-0.05, 0) is 49.0 Å². The second kappa shape index (κ2) is 11.2. The minimum Gasteiger partial charge on any atom is -0.493 e. The smallest absolute Gasteiger partial charge is 0.329 e. The quantitative estimate of drug-likeness (QED) is 0.381. The Bertz CT molecular complexity index is 1370. The van der Waals surface area contributed by atoms with Crippen LogP contribution in [0.1, 0.15) is 36.7 Å². The van der Waals surface area contributed by atoms with Crippen LogP contribution in [0.4, 0.5) is 5.69 Å². The third-order valence-electron chi connectivity index (χ3n) is 6.16. The molecule has 10 heteroatoms. The van der Waals surface area contributed by atoms with Gasteiger partial charge in [-0.1, -0.05) is 55.2 Å². The summed E-state index contributed by atoms with van der Waals surface area (Å²) >= 11 is 12.1. The molecule has 2 heterocycles. The van der Waals surface area contributed by atoms with Gasteiger partial charge < -0.3 is 20.3 Å². The fraction of sp³-hybridized carbons (Fsp3) is 0.269. The van der Waals surface area contributed by atoms with E-state index in [0.717, 1.165) is 23.2 Å². The Labute approximate surface area is 218 Å². The number of carbonyl (C=O) groups is 1. The normalized spacial score (nSPS) is 14.4. The standard InChI is InChI=1S/C26H27Cl2N5O3/c1-3-32(4-2)12-11-29-24(34)23(16-5-7-18(27)8-6-16)33-25(35)22(31-26(33)36)13-17-15-30-21-14-19(28)9-10-20(17)21/h5-10,13-15,23,35H,3-4,11-12H2,1-2H3,(H,29,34)(H,31,36). The Morgan fingerprint density at radius 2 is 1.86 bits per heavy atom. The number of fused-ring (bicyclic) bond motifs is 1. The summed E-state index contributed by atoms with van der Waals surface area (Å²) in [5, 5.41) is 15.1. The highest BCUT2D eigenvalue weighted by molar-refractivity contribution is 6.31. The molecule has 1 aromatic heterocycles. The first-order valence-electron chi connectivity index (χ1n) is 11.7. The molecule has 1 amide bonds. The number of benzene rings is 2. The number of nitrogens with zero attached hydrogens (tertiary/aromatic N) is 3. The van der Waals surface area contributed by atoms with Gasteiger partial charge in [0.05, 0.1) is 5.69 Å². The molecule has 4 rings (SSSR count). The molecule has 1 atom stereocenters. The van der Waals surface area contributed by atoms with E-state index in [-0.39, 0.29) is 11.6 Å². The highest BCUT2D eigenvalue weighted by Gasteiger charge is 2.29. The molecule has 0 aliphatic carbocycles. The molecule has 0 saturated heterocycles. The zero-order valence-corrected chi connectivity index (χ0v) is 21.5. The number of aliphatic imine (C=N–C) groups is 1. The number of aromatic hydroxyl groups is 1. The first-order chi connectivity index (χ1) is 17.3. The molecule has 1 aliphatic heterocycles. The van der Waals surface area contributed by atoms with Crippen molar-refractivity contribution in [2.24, 2.45) is 4.99 Å². The van der Waals surface area contributed by atoms with Crippen LogP contribution in [0.2, 0.25) is 10.0 Å². The van der Waals surface area contributed by atoms with Gasteiger partial charge in [0, 0.05) is 40.5 Å². The number of allylic oxidation sites excluding steroid dienone is 1. The average molecular weight is 528 g/mol. The zero-order valence-electron chi connectivity index (χ0n) is 20.0. The van der Waals surface area contributed by atoms with E-state index in [1.807, 2.05) is 6.07 Å². The van der Waals surface area contributed by atoms with E-state index >= 15 is 0 Å². The molecule has 0 bridgehead atoms. The molecule has 8 nitrogen and oxygen atoms in total. The third kappa shape index (κ3) is 5.41. The maximum Gasteiger partial charge on any atom is 0.329 e. The van der Waals surface area contributed by atoms with Crippen LogP contribution in [0.25, 0.3) is 11.6 Å². The molecule has 1 aliphatic rings. The van der Waals surface area contributed by atoms with E-state index in [4.69, 9.17) is 23.2 Å². The lowest BCUT2D eigenvalue weighted by Gasteiger charge is -2.21. The first kappa shape index (κ1) is 25.8. The van der Waals surface area contributed by atoms with E-state index in [1.165, 1.54) is 0 Å². The van der Waals surface area contributed by atoms with Crippen LogP contribution in [-0.4, -0.2) is 57.9 Å². The number of hydrogen-bond donors (Lipinski definition) is 3. The molecule has 3 aromatic rings. The predicted molar refractivity (Wildman–Crippen MR) is 145 cm³/mol. The average Bonchev–Trinajstić information content (AvgIpc) is 3.38. The number of H-pyrrole nitrogens is 1. The van der Waals surface area contributed by atoms with Gasteiger partial charge in [0.2, 0.25) is 11.8 Å². The lowest BCUT2D eigenvalue weighted by atomic mass is 10.1. The van der Waals surface area contributed by atoms with Gasteiger partial charge in [-0.25, -0.2) is 9.36 Å². The van der Waals surface area contributed by atoms with Crippen LogP contribution in [0.15, 0.2) is 52.3 Å². The lowest BCUT2D eigenvalue weighted by Crippen LogP contribution is -2.40. The number of imidazole rings is 1. The fourth-order valence-corrected chi connectivity index (χ4v) is 4.46. The van der Waals surface area contributed by atoms with Crippen LogP contribution in [0.3, 0.4) is 0 Å². The molecule has 0 radical (unpaired) electrons. The van der Waals surface area contributed by atoms with Crippen molar-refractivity contribution >= 4 is 52.7 Å². The van der Waals surface area contributed by atoms with Crippen molar-refractivity contribution in [3.63, 3.8) is 0 Å². The van der Waals surface area contributed by atoms with E-state index in [9.17, 15) is 14.7 Å². The Kier molecular flexibility index (Phi) is 7.98. The fourth-order valence-electron chi connectivity index (χ4n) is 4.17. The van der Waals surface area contributed by atoms with Crippen molar-refractivity contribution in [3.8, 4) is 5.88 Å². The van der Waals surface area contributed by atoms with Crippen molar-refractivity contribution in [2.75, 3.05) is 26.2 Å². The largest absolute Gasteiger partial charge is 0.493 e. The van der Waals surface area contributed by atoms with Crippen LogP contribution in [0.5, 0.6) is 5.88 Å². The highest BCUT2D eigenvalue weighted by atomic mass is 35.5. The molecule has 36 heavy (non-hydrogen) atoms. The number of likely N-dealkylation sites (N-methyl/N-ethyl adjacent to an activating group) is 1. The Hall–Kier alpha value is -3.33. The SMILES string of the molecule is CCN(CC)CCNC(=O)C(c1ccc(Cl)cc1)n1c(O)c(C=C2C=Nc3cc(Cl)ccc32)[nH]c1=O. The number of hydrogen-bond acceptors (Lipinski definition) is 5. The molecule has 3 N–H and O–H groups in total. The van der Waals surface area contributed by atoms with Crippen LogP contribution >= 0.6 is 23.2 Å². The van der Waals surface area contributed by atoms with Gasteiger partial charge in [0.1, 0.15) is 11.7 Å². The monoisotopic (exact) mass is 527 g/mol. The van der Waals surface area contributed by atoms with Crippen molar-refractivity contribution in [1.82, 2.24) is 19.8 Å². The van der Waals surface area contributed by atoms with E-state index in [2.05, 4.69) is 34.0 Å². The van der Waals surface area contributed by atoms with Crippen LogP contribution < -0.4 is 11.0 Å². The molecule has 188 valence electrons. The van der Waals surface area contributed by atoms with Crippen molar-refractivity contribution in [1.29, 1.82) is 0 Å². The van der Waals surface area contributed by atoms with Gasteiger partial charge in [-0.2, -0.15) is 0 Å². The Morgan fingerprint density at radius 3 is 2.56 bits per heavy atom. The molecule has 0 saturated carbocycles. The van der Waals surface area contributed by atoms with Gasteiger partial charge in [0.15, 0.2) is 0 Å². The zero-order chi connectivity index (χ0) is 25.8. The summed E-state index contributed by atoms with van der Waals surface area (Å²) in [5.74, 6) is -0.773. The van der Waals surface area contributed by atoms with E-state index in [0.29, 0.717) is 40.0 Å². The number of carbonyl (C=O) groups excluding carboxylic acids is 1. The summed E-state index contributed by atoms with van der Waals surface area (Å²) < 4.78 is 1.05. The lowest BCUT2D eigenvalue weighted by molar-refractivity contribution is -0.123. The summed E-state index contributed by atoms with van der Waals surface area (Å²) in [6.45, 7) is 6.90. The number of nitrogens with one attached hydrogen (secondary N) is 2. The minimum absolute atomic E-state index is 0.166. The number of rotatable bonds is 9. The Balaban J connectivity index is 1.69. The first-order valence-corrected chi connectivity index (χ1v) is 12.4. The predicted octanol–water partition coefficient (Wildman–Crippen LogP) is 4.49. The maximum atomic E-state index is 13.3.